The van der Waals surface area contributed by atoms with Crippen LogP contribution in [0.5, 0.6) is 0 Å². The van der Waals surface area contributed by atoms with E-state index in [0.29, 0.717) is 18.3 Å². The van der Waals surface area contributed by atoms with Crippen LogP contribution in [-0.2, 0) is 18.4 Å². The molecule has 26 heavy (non-hydrogen) atoms. The second-order valence-corrected chi connectivity index (χ2v) is 17.4. The maximum Gasteiger partial charge on any atom is 0.330 e. The zero-order valence-corrected chi connectivity index (χ0v) is 19.9. The van der Waals surface area contributed by atoms with E-state index in [1.54, 1.807) is 18.5 Å². The maximum absolute atomic E-state index is 12.2. The van der Waals surface area contributed by atoms with Crippen LogP contribution >= 0.6 is 0 Å². The van der Waals surface area contributed by atoms with Gasteiger partial charge in [0.25, 0.3) is 0 Å². The van der Waals surface area contributed by atoms with Gasteiger partial charge in [-0.1, -0.05) is 0 Å². The molecule has 0 radical (unpaired) electrons. The second kappa shape index (κ2) is 8.77. The highest BCUT2D eigenvalue weighted by Gasteiger charge is 2.30. The molecule has 0 bridgehead atoms. The molecule has 9 heteroatoms. The number of hydrogen-bond acceptors (Lipinski definition) is 6. The number of hydrogen-bond donors (Lipinski definition) is 0. The first-order valence-corrected chi connectivity index (χ1v) is 16.1. The topological polar surface area (TPSA) is 75.5 Å². The number of esters is 1. The second-order valence-electron chi connectivity index (χ2n) is 8.45. The van der Waals surface area contributed by atoms with Crippen molar-refractivity contribution in [1.82, 2.24) is 14.8 Å². The van der Waals surface area contributed by atoms with Crippen LogP contribution in [-0.4, -0.2) is 44.0 Å². The van der Waals surface area contributed by atoms with Crippen molar-refractivity contribution in [1.29, 1.82) is 0 Å². The third kappa shape index (κ3) is 6.94. The lowest BCUT2D eigenvalue weighted by Crippen LogP contribution is -2.30. The molecule has 0 amide bonds. The molecule has 0 aliphatic carbocycles. The van der Waals surface area contributed by atoms with E-state index in [9.17, 15) is 4.79 Å². The van der Waals surface area contributed by atoms with E-state index >= 15 is 0 Å². The summed E-state index contributed by atoms with van der Waals surface area (Å²) in [7, 11) is -3.52. The summed E-state index contributed by atoms with van der Waals surface area (Å²) in [5, 5.41) is 4.59. The normalized spacial score (nSPS) is 16.2. The lowest BCUT2D eigenvalue weighted by atomic mass is 10.3. The van der Waals surface area contributed by atoms with Crippen LogP contribution in [0.15, 0.2) is 0 Å². The summed E-state index contributed by atoms with van der Waals surface area (Å²) < 4.78 is 19.1. The van der Waals surface area contributed by atoms with Gasteiger partial charge in [0.1, 0.15) is 18.2 Å². The van der Waals surface area contributed by atoms with E-state index in [1.807, 2.05) is 13.8 Å². The quantitative estimate of drug-likeness (QED) is 0.455. The van der Waals surface area contributed by atoms with Gasteiger partial charge in [-0.15, -0.1) is 0 Å². The fourth-order valence-electron chi connectivity index (χ4n) is 2.62. The van der Waals surface area contributed by atoms with Crippen molar-refractivity contribution in [3.63, 3.8) is 0 Å². The summed E-state index contributed by atoms with van der Waals surface area (Å²) in [5.41, 5.74) is 0. The molecule has 1 aromatic rings. The highest BCUT2D eigenvalue weighted by atomic mass is 28.4. The highest BCUT2D eigenvalue weighted by Crippen LogP contribution is 2.26. The van der Waals surface area contributed by atoms with Gasteiger partial charge in [-0.2, -0.15) is 5.10 Å². The van der Waals surface area contributed by atoms with Gasteiger partial charge in [-0.25, -0.2) is 14.5 Å². The van der Waals surface area contributed by atoms with Crippen molar-refractivity contribution < 1.29 is 18.4 Å². The van der Waals surface area contributed by atoms with E-state index < -0.39 is 22.7 Å². The Bertz CT molecular complexity index is 608. The largest absolute Gasteiger partial charge is 0.464 e. The molecule has 1 unspecified atom stereocenters. The Balaban J connectivity index is 3.24. The molecule has 0 fully saturated rings. The lowest BCUT2D eigenvalue weighted by Gasteiger charge is -2.24. The van der Waals surface area contributed by atoms with Gasteiger partial charge in [0.2, 0.25) is 0 Å². The van der Waals surface area contributed by atoms with Gasteiger partial charge in [0, 0.05) is 0 Å². The zero-order valence-electron chi connectivity index (χ0n) is 17.9. The molecule has 0 saturated carbocycles. The average Bonchev–Trinajstić information content (AvgIpc) is 2.88. The molecule has 0 aromatic carbocycles. The predicted molar refractivity (Wildman–Crippen MR) is 107 cm³/mol. The molecular weight excluding hydrogens is 366 g/mol. The molecule has 0 spiro atoms. The highest BCUT2D eigenvalue weighted by molar-refractivity contribution is 6.70. The molecule has 0 aliphatic rings. The first-order chi connectivity index (χ1) is 11.7. The van der Waals surface area contributed by atoms with Crippen molar-refractivity contribution in [3.8, 4) is 0 Å². The SMILES string of the molecule is CCOC(=O)C(C)n1nc([C@H](C)O[Si](C)(C)C)nc1[C@H](C)O[Si](C)(C)C. The average molecular weight is 402 g/mol. The molecule has 0 aliphatic heterocycles. The van der Waals surface area contributed by atoms with E-state index in [1.165, 1.54) is 0 Å². The minimum absolute atomic E-state index is 0.241. The van der Waals surface area contributed by atoms with Crippen molar-refractivity contribution in [2.45, 2.75) is 85.2 Å². The van der Waals surface area contributed by atoms with Crippen molar-refractivity contribution in [3.05, 3.63) is 11.6 Å². The summed E-state index contributed by atoms with van der Waals surface area (Å²) in [6.45, 7) is 20.5. The molecule has 1 rings (SSSR count). The summed E-state index contributed by atoms with van der Waals surface area (Å²) in [6, 6.07) is -0.571. The summed E-state index contributed by atoms with van der Waals surface area (Å²) in [6.07, 6.45) is -0.506. The number of nitrogens with zero attached hydrogens (tertiary/aromatic N) is 3. The summed E-state index contributed by atoms with van der Waals surface area (Å²) in [4.78, 5) is 16.9. The zero-order chi connectivity index (χ0) is 20.3. The van der Waals surface area contributed by atoms with E-state index in [0.717, 1.165) is 0 Å². The Morgan fingerprint density at radius 1 is 1.00 bits per heavy atom. The molecule has 7 nitrogen and oxygen atoms in total. The molecule has 150 valence electrons. The predicted octanol–water partition coefficient (Wildman–Crippen LogP) is 4.23. The minimum atomic E-state index is -1.78. The van der Waals surface area contributed by atoms with Crippen LogP contribution in [0.3, 0.4) is 0 Å². The van der Waals surface area contributed by atoms with Crippen LogP contribution < -0.4 is 0 Å². The molecular formula is C17H35N3O4Si2. The van der Waals surface area contributed by atoms with Gasteiger partial charge in [-0.05, 0) is 67.0 Å². The van der Waals surface area contributed by atoms with Gasteiger partial charge < -0.3 is 13.6 Å². The van der Waals surface area contributed by atoms with Crippen LogP contribution in [0.1, 0.15) is 57.6 Å². The Morgan fingerprint density at radius 2 is 1.50 bits per heavy atom. The van der Waals surface area contributed by atoms with Gasteiger partial charge in [-0.3, -0.25) is 0 Å². The number of carbonyl (C=O) groups excluding carboxylic acids is 1. The fraction of sp³-hybridized carbons (Fsp3) is 0.824. The number of aromatic nitrogens is 3. The Kier molecular flexibility index (Phi) is 7.76. The first kappa shape index (κ1) is 23.0. The van der Waals surface area contributed by atoms with Crippen LogP contribution in [0.4, 0.5) is 0 Å². The van der Waals surface area contributed by atoms with Crippen molar-refractivity contribution in [2.75, 3.05) is 6.61 Å². The van der Waals surface area contributed by atoms with Crippen LogP contribution in [0.2, 0.25) is 39.3 Å². The molecule has 1 aromatic heterocycles. The fourth-order valence-corrected chi connectivity index (χ4v) is 4.95. The smallest absolute Gasteiger partial charge is 0.330 e. The monoisotopic (exact) mass is 401 g/mol. The van der Waals surface area contributed by atoms with Gasteiger partial charge in [0.05, 0.1) is 6.61 Å². The van der Waals surface area contributed by atoms with Crippen molar-refractivity contribution in [2.24, 2.45) is 0 Å². The third-order valence-electron chi connectivity index (χ3n) is 3.46. The van der Waals surface area contributed by atoms with E-state index in [-0.39, 0.29) is 18.2 Å². The van der Waals surface area contributed by atoms with Crippen molar-refractivity contribution >= 4 is 22.6 Å². The standard InChI is InChI=1S/C17H35N3O4Si2/c1-11-22-17(21)12(2)20-16(14(4)24-26(8,9)10)18-15(19-20)13(3)23-25(5,6)7/h12-14H,11H2,1-10H3/t12?,13-,14-/m0/s1. The van der Waals surface area contributed by atoms with Gasteiger partial charge >= 0.3 is 5.97 Å². The van der Waals surface area contributed by atoms with Crippen LogP contribution in [0, 0.1) is 0 Å². The maximum atomic E-state index is 12.2. The Hall–Kier alpha value is -1.04. The lowest BCUT2D eigenvalue weighted by molar-refractivity contribution is -0.147. The Morgan fingerprint density at radius 3 is 1.96 bits per heavy atom. The number of rotatable bonds is 9. The third-order valence-corrected chi connectivity index (χ3v) is 5.58. The molecule has 0 N–H and O–H groups in total. The van der Waals surface area contributed by atoms with Gasteiger partial charge in [0.15, 0.2) is 28.3 Å². The summed E-state index contributed by atoms with van der Waals surface area (Å²) in [5.74, 6) is 0.878. The van der Waals surface area contributed by atoms with E-state index in [2.05, 4.69) is 49.4 Å². The van der Waals surface area contributed by atoms with E-state index in [4.69, 9.17) is 13.6 Å². The molecule has 1 heterocycles. The Labute approximate surface area is 159 Å². The number of ether oxygens (including phenoxy) is 1. The molecule has 0 saturated heterocycles. The summed E-state index contributed by atoms with van der Waals surface area (Å²) >= 11 is 0. The minimum Gasteiger partial charge on any atom is -0.464 e. The van der Waals surface area contributed by atoms with Crippen LogP contribution in [0.25, 0.3) is 0 Å². The molecule has 3 atom stereocenters. The first-order valence-electron chi connectivity index (χ1n) is 9.23. The number of carbonyl (C=O) groups is 1.